The van der Waals surface area contributed by atoms with Crippen LogP contribution >= 0.6 is 0 Å². The second-order valence-electron chi connectivity index (χ2n) is 3.82. The Morgan fingerprint density at radius 1 is 1.32 bits per heavy atom. The van der Waals surface area contributed by atoms with Crippen molar-refractivity contribution in [2.75, 3.05) is 19.8 Å². The smallest absolute Gasteiger partial charge is 0.450 e. The number of ether oxygens (including phenoxy) is 2. The molecule has 3 atom stereocenters. The molecule has 0 bridgehead atoms. The van der Waals surface area contributed by atoms with Gasteiger partial charge in [0, 0.05) is 6.42 Å². The molecule has 0 spiro atoms. The first-order valence-corrected chi connectivity index (χ1v) is 5.40. The SMILES string of the molecule is O=C(O)O[C@@H]1C[C@@H](OCC(O)CO)CN1OC(=O)O. The summed E-state index contributed by atoms with van der Waals surface area (Å²) < 4.78 is 9.63. The number of carboxylic acid groups (broad SMARTS) is 2. The maximum Gasteiger partial charge on any atom is 0.525 e. The summed E-state index contributed by atoms with van der Waals surface area (Å²) in [6.45, 7) is -0.679. The van der Waals surface area contributed by atoms with E-state index >= 15 is 0 Å². The van der Waals surface area contributed by atoms with Crippen LogP contribution in [0.1, 0.15) is 6.42 Å². The lowest BCUT2D eigenvalue weighted by molar-refractivity contribution is -0.189. The number of aliphatic hydroxyl groups excluding tert-OH is 2. The van der Waals surface area contributed by atoms with Gasteiger partial charge in [-0.25, -0.2) is 9.59 Å². The molecule has 1 fully saturated rings. The van der Waals surface area contributed by atoms with E-state index in [0.717, 1.165) is 5.06 Å². The number of nitrogens with zero attached hydrogens (tertiary/aromatic N) is 1. The van der Waals surface area contributed by atoms with Gasteiger partial charge in [-0.2, -0.15) is 0 Å². The van der Waals surface area contributed by atoms with Crippen LogP contribution in [-0.4, -0.2) is 76.0 Å². The quantitative estimate of drug-likeness (QED) is 0.450. The van der Waals surface area contributed by atoms with Crippen LogP contribution in [-0.2, 0) is 14.3 Å². The Balaban J connectivity index is 2.50. The van der Waals surface area contributed by atoms with Crippen LogP contribution in [0, 0.1) is 0 Å². The Labute approximate surface area is 107 Å². The number of carbonyl (C=O) groups is 2. The molecule has 1 aliphatic rings. The summed E-state index contributed by atoms with van der Waals surface area (Å²) in [5.41, 5.74) is 0. The highest BCUT2D eigenvalue weighted by molar-refractivity contribution is 5.57. The van der Waals surface area contributed by atoms with Gasteiger partial charge in [-0.3, -0.25) is 0 Å². The average Bonchev–Trinajstić information content (AvgIpc) is 2.66. The summed E-state index contributed by atoms with van der Waals surface area (Å²) in [6.07, 6.45) is -5.87. The zero-order valence-corrected chi connectivity index (χ0v) is 9.84. The van der Waals surface area contributed by atoms with E-state index in [4.69, 9.17) is 25.2 Å². The minimum atomic E-state index is -1.60. The average molecular weight is 281 g/mol. The van der Waals surface area contributed by atoms with Crippen LogP contribution in [0.3, 0.4) is 0 Å². The predicted molar refractivity (Wildman–Crippen MR) is 56.2 cm³/mol. The number of rotatable bonds is 6. The molecule has 0 aromatic carbocycles. The Kier molecular flexibility index (Phi) is 5.76. The van der Waals surface area contributed by atoms with Gasteiger partial charge in [-0.15, -0.1) is 0 Å². The van der Waals surface area contributed by atoms with Crippen molar-refractivity contribution in [2.45, 2.75) is 24.9 Å². The highest BCUT2D eigenvalue weighted by Crippen LogP contribution is 2.22. The molecule has 19 heavy (non-hydrogen) atoms. The van der Waals surface area contributed by atoms with Gasteiger partial charge in [-0.1, -0.05) is 5.06 Å². The molecule has 1 saturated heterocycles. The van der Waals surface area contributed by atoms with Gasteiger partial charge in [0.25, 0.3) is 0 Å². The Morgan fingerprint density at radius 3 is 2.53 bits per heavy atom. The third-order valence-corrected chi connectivity index (χ3v) is 2.34. The first-order chi connectivity index (χ1) is 8.92. The molecule has 0 aromatic heterocycles. The van der Waals surface area contributed by atoms with Gasteiger partial charge >= 0.3 is 12.3 Å². The number of hydrogen-bond donors (Lipinski definition) is 4. The van der Waals surface area contributed by atoms with Crippen molar-refractivity contribution in [1.82, 2.24) is 5.06 Å². The van der Waals surface area contributed by atoms with Gasteiger partial charge < -0.3 is 34.7 Å². The van der Waals surface area contributed by atoms with E-state index < -0.39 is 37.4 Å². The Morgan fingerprint density at radius 2 is 2.00 bits per heavy atom. The summed E-state index contributed by atoms with van der Waals surface area (Å²) in [7, 11) is 0. The van der Waals surface area contributed by atoms with Gasteiger partial charge in [-0.05, 0) is 0 Å². The maximum absolute atomic E-state index is 10.4. The molecule has 0 aliphatic carbocycles. The van der Waals surface area contributed by atoms with E-state index in [0.29, 0.717) is 0 Å². The molecule has 0 saturated carbocycles. The highest BCUT2D eigenvalue weighted by atomic mass is 16.8. The number of hydrogen-bond acceptors (Lipinski definition) is 8. The van der Waals surface area contributed by atoms with Crippen molar-refractivity contribution >= 4 is 12.3 Å². The first kappa shape index (κ1) is 15.4. The van der Waals surface area contributed by atoms with E-state index in [-0.39, 0.29) is 19.6 Å². The van der Waals surface area contributed by atoms with Crippen LogP contribution in [0.15, 0.2) is 0 Å². The zero-order valence-electron chi connectivity index (χ0n) is 9.84. The lowest BCUT2D eigenvalue weighted by Gasteiger charge is -2.19. The first-order valence-electron chi connectivity index (χ1n) is 5.40. The molecular formula is C9H15NO9. The molecule has 1 aliphatic heterocycles. The van der Waals surface area contributed by atoms with E-state index in [9.17, 15) is 9.59 Å². The predicted octanol–water partition coefficient (Wildman–Crippen LogP) is -0.939. The zero-order chi connectivity index (χ0) is 14.4. The summed E-state index contributed by atoms with van der Waals surface area (Å²) in [6, 6.07) is 0. The molecule has 1 heterocycles. The maximum atomic E-state index is 10.4. The van der Waals surface area contributed by atoms with Crippen LogP contribution in [0.25, 0.3) is 0 Å². The molecule has 110 valence electrons. The second kappa shape index (κ2) is 7.09. The van der Waals surface area contributed by atoms with Gasteiger partial charge in [0.2, 0.25) is 0 Å². The molecule has 1 rings (SSSR count). The van der Waals surface area contributed by atoms with Crippen molar-refractivity contribution in [2.24, 2.45) is 0 Å². The third kappa shape index (κ3) is 5.26. The molecule has 4 N–H and O–H groups in total. The lowest BCUT2D eigenvalue weighted by Crippen LogP contribution is -2.35. The Hall–Kier alpha value is -1.62. The van der Waals surface area contributed by atoms with Crippen molar-refractivity contribution in [3.05, 3.63) is 0 Å². The molecular weight excluding hydrogens is 266 g/mol. The summed E-state index contributed by atoms with van der Waals surface area (Å²) in [5.74, 6) is 0. The minimum Gasteiger partial charge on any atom is -0.450 e. The largest absolute Gasteiger partial charge is 0.525 e. The van der Waals surface area contributed by atoms with Crippen LogP contribution in [0.5, 0.6) is 0 Å². The van der Waals surface area contributed by atoms with Gasteiger partial charge in [0.15, 0.2) is 6.23 Å². The van der Waals surface area contributed by atoms with E-state index in [1.54, 1.807) is 0 Å². The van der Waals surface area contributed by atoms with E-state index in [1.807, 2.05) is 0 Å². The standard InChI is InChI=1S/C9H15NO9/c11-3-5(12)4-17-6-1-7(18-8(13)14)10(2-6)19-9(15)16/h5-7,11-12H,1-4H2,(H,13,14)(H,15,16)/t5?,6-,7-/m1/s1. The fourth-order valence-corrected chi connectivity index (χ4v) is 1.58. The van der Waals surface area contributed by atoms with Gasteiger partial charge in [0.1, 0.15) is 6.10 Å². The summed E-state index contributed by atoms with van der Waals surface area (Å²) in [5, 5.41) is 35.5. The summed E-state index contributed by atoms with van der Waals surface area (Å²) in [4.78, 5) is 25.2. The van der Waals surface area contributed by atoms with Crippen molar-refractivity contribution in [3.63, 3.8) is 0 Å². The molecule has 10 heteroatoms. The topological polar surface area (TPSA) is 146 Å². The van der Waals surface area contributed by atoms with Gasteiger partial charge in [0.05, 0.1) is 25.9 Å². The lowest BCUT2D eigenvalue weighted by atomic mass is 10.3. The minimum absolute atomic E-state index is 0.0393. The highest BCUT2D eigenvalue weighted by Gasteiger charge is 2.38. The fourth-order valence-electron chi connectivity index (χ4n) is 1.58. The molecule has 0 amide bonds. The monoisotopic (exact) mass is 281 g/mol. The normalized spacial score (nSPS) is 24.9. The second-order valence-corrected chi connectivity index (χ2v) is 3.82. The Bertz CT molecular complexity index is 299. The molecule has 0 radical (unpaired) electrons. The molecule has 0 aromatic rings. The van der Waals surface area contributed by atoms with E-state index in [2.05, 4.69) is 9.57 Å². The van der Waals surface area contributed by atoms with Crippen molar-refractivity contribution in [3.8, 4) is 0 Å². The van der Waals surface area contributed by atoms with Crippen molar-refractivity contribution < 1.29 is 44.3 Å². The van der Waals surface area contributed by atoms with Crippen LogP contribution in [0.2, 0.25) is 0 Å². The summed E-state index contributed by atoms with van der Waals surface area (Å²) >= 11 is 0. The number of hydroxylamine groups is 2. The van der Waals surface area contributed by atoms with Crippen molar-refractivity contribution in [1.29, 1.82) is 0 Å². The van der Waals surface area contributed by atoms with Crippen LogP contribution in [0.4, 0.5) is 9.59 Å². The number of aliphatic hydroxyl groups is 2. The van der Waals surface area contributed by atoms with E-state index in [1.165, 1.54) is 0 Å². The third-order valence-electron chi connectivity index (χ3n) is 2.34. The molecule has 1 unspecified atom stereocenters. The molecule has 10 nitrogen and oxygen atoms in total. The fraction of sp³-hybridized carbons (Fsp3) is 0.778. The van der Waals surface area contributed by atoms with Crippen LogP contribution < -0.4 is 0 Å².